The average Bonchev–Trinajstić information content (AvgIpc) is 3.14. The van der Waals surface area contributed by atoms with Gasteiger partial charge in [0.2, 0.25) is 6.79 Å². The fraction of sp³-hybridized carbons (Fsp3) is 0.700. The van der Waals surface area contributed by atoms with Crippen LogP contribution in [0.15, 0.2) is 18.2 Å². The quantitative estimate of drug-likeness (QED) is 0.887. The minimum Gasteiger partial charge on any atom is -0.454 e. The second kappa shape index (κ2) is 7.52. The van der Waals surface area contributed by atoms with Crippen LogP contribution in [0.5, 0.6) is 11.5 Å². The first-order valence-corrected chi connectivity index (χ1v) is 9.60. The Labute approximate surface area is 149 Å². The van der Waals surface area contributed by atoms with E-state index in [2.05, 4.69) is 11.0 Å². The lowest BCUT2D eigenvalue weighted by molar-refractivity contribution is -0.0487. The van der Waals surface area contributed by atoms with Gasteiger partial charge in [-0.25, -0.2) is 0 Å². The molecule has 25 heavy (non-hydrogen) atoms. The van der Waals surface area contributed by atoms with Crippen molar-refractivity contribution in [2.24, 2.45) is 5.41 Å². The number of aliphatic hydroxyl groups excluding tert-OH is 1. The zero-order chi connectivity index (χ0) is 17.1. The Balaban J connectivity index is 1.35. The third kappa shape index (κ3) is 3.78. The monoisotopic (exact) mass is 347 g/mol. The maximum absolute atomic E-state index is 10.1. The van der Waals surface area contributed by atoms with Gasteiger partial charge in [0.25, 0.3) is 0 Å². The van der Waals surface area contributed by atoms with E-state index in [1.807, 2.05) is 12.1 Å². The molecular weight excluding hydrogens is 318 g/mol. The molecule has 0 radical (unpaired) electrons. The van der Waals surface area contributed by atoms with E-state index in [-0.39, 0.29) is 12.0 Å². The summed E-state index contributed by atoms with van der Waals surface area (Å²) in [5.74, 6) is 1.76. The molecule has 5 heteroatoms. The number of piperidine rings is 1. The van der Waals surface area contributed by atoms with Gasteiger partial charge in [0, 0.05) is 25.3 Å². The summed E-state index contributed by atoms with van der Waals surface area (Å²) in [7, 11) is 0. The fourth-order valence-corrected chi connectivity index (χ4v) is 4.42. The molecule has 4 rings (SSSR count). The van der Waals surface area contributed by atoms with E-state index in [0.717, 1.165) is 63.4 Å². The normalized spacial score (nSPS) is 25.9. The van der Waals surface area contributed by atoms with Gasteiger partial charge < -0.3 is 19.3 Å². The molecule has 3 aliphatic rings. The summed E-state index contributed by atoms with van der Waals surface area (Å²) in [6.07, 6.45) is 7.03. The number of para-hydroxylation sites is 1. The minimum atomic E-state index is 0.0384. The number of rotatable bonds is 5. The Hall–Kier alpha value is -1.30. The highest BCUT2D eigenvalue weighted by Gasteiger charge is 2.37. The van der Waals surface area contributed by atoms with Crippen LogP contribution in [-0.2, 0) is 11.3 Å². The highest BCUT2D eigenvalue weighted by Crippen LogP contribution is 2.40. The Morgan fingerprint density at radius 1 is 1.16 bits per heavy atom. The van der Waals surface area contributed by atoms with E-state index in [1.165, 1.54) is 18.4 Å². The molecule has 2 saturated heterocycles. The van der Waals surface area contributed by atoms with E-state index >= 15 is 0 Å². The Morgan fingerprint density at radius 2 is 2.04 bits per heavy atom. The lowest BCUT2D eigenvalue weighted by Gasteiger charge is -2.43. The minimum absolute atomic E-state index is 0.0384. The first kappa shape index (κ1) is 17.1. The van der Waals surface area contributed by atoms with E-state index in [0.29, 0.717) is 12.9 Å². The van der Waals surface area contributed by atoms with Crippen LogP contribution in [0, 0.1) is 5.41 Å². The third-order valence-corrected chi connectivity index (χ3v) is 6.06. The summed E-state index contributed by atoms with van der Waals surface area (Å²) in [4.78, 5) is 2.47. The predicted octanol–water partition coefficient (Wildman–Crippen LogP) is 2.95. The third-order valence-electron chi connectivity index (χ3n) is 6.06. The number of likely N-dealkylation sites (tertiary alicyclic amines) is 1. The van der Waals surface area contributed by atoms with Crippen LogP contribution < -0.4 is 9.47 Å². The smallest absolute Gasteiger partial charge is 0.231 e. The fourth-order valence-electron chi connectivity index (χ4n) is 4.42. The Morgan fingerprint density at radius 3 is 2.80 bits per heavy atom. The molecule has 2 fully saturated rings. The van der Waals surface area contributed by atoms with Crippen LogP contribution in [0.25, 0.3) is 0 Å². The van der Waals surface area contributed by atoms with Crippen molar-refractivity contribution in [1.29, 1.82) is 0 Å². The van der Waals surface area contributed by atoms with Crippen molar-refractivity contribution in [3.05, 3.63) is 23.8 Å². The van der Waals surface area contributed by atoms with Crippen LogP contribution >= 0.6 is 0 Å². The second-order valence-corrected chi connectivity index (χ2v) is 7.78. The van der Waals surface area contributed by atoms with Crippen molar-refractivity contribution >= 4 is 0 Å². The predicted molar refractivity (Wildman–Crippen MR) is 94.8 cm³/mol. The lowest BCUT2D eigenvalue weighted by atomic mass is 9.74. The van der Waals surface area contributed by atoms with Gasteiger partial charge in [-0.05, 0) is 63.1 Å². The molecule has 1 aromatic carbocycles. The van der Waals surface area contributed by atoms with Crippen molar-refractivity contribution in [2.45, 2.75) is 51.2 Å². The molecule has 0 aliphatic carbocycles. The summed E-state index contributed by atoms with van der Waals surface area (Å²) < 4.78 is 17.0. The van der Waals surface area contributed by atoms with Crippen LogP contribution in [0.4, 0.5) is 0 Å². The molecule has 0 aromatic heterocycles. The van der Waals surface area contributed by atoms with Gasteiger partial charge in [0.05, 0.1) is 6.10 Å². The maximum atomic E-state index is 10.1. The van der Waals surface area contributed by atoms with Crippen LogP contribution in [0.2, 0.25) is 0 Å². The molecule has 3 aliphatic heterocycles. The Bertz CT molecular complexity index is 577. The van der Waals surface area contributed by atoms with Crippen molar-refractivity contribution in [3.63, 3.8) is 0 Å². The second-order valence-electron chi connectivity index (χ2n) is 7.78. The van der Waals surface area contributed by atoms with Gasteiger partial charge in [-0.2, -0.15) is 0 Å². The van der Waals surface area contributed by atoms with Gasteiger partial charge in [0.1, 0.15) is 0 Å². The molecule has 1 N–H and O–H groups in total. The average molecular weight is 347 g/mol. The number of hydrogen-bond acceptors (Lipinski definition) is 5. The highest BCUT2D eigenvalue weighted by molar-refractivity contribution is 5.48. The first-order chi connectivity index (χ1) is 12.3. The Kier molecular flexibility index (Phi) is 5.15. The van der Waals surface area contributed by atoms with Crippen LogP contribution in [-0.4, -0.2) is 49.2 Å². The maximum Gasteiger partial charge on any atom is 0.231 e. The number of nitrogens with zero attached hydrogens (tertiary/aromatic N) is 1. The molecule has 5 nitrogen and oxygen atoms in total. The van der Waals surface area contributed by atoms with Gasteiger partial charge in [-0.1, -0.05) is 12.1 Å². The molecular formula is C20H29NO4. The van der Waals surface area contributed by atoms with Gasteiger partial charge in [-0.15, -0.1) is 0 Å². The molecule has 0 spiro atoms. The number of aliphatic hydroxyl groups is 1. The van der Waals surface area contributed by atoms with Crippen molar-refractivity contribution in [1.82, 2.24) is 4.90 Å². The molecule has 0 saturated carbocycles. The summed E-state index contributed by atoms with van der Waals surface area (Å²) in [5, 5.41) is 10.1. The van der Waals surface area contributed by atoms with Crippen molar-refractivity contribution in [2.75, 3.05) is 33.1 Å². The topological polar surface area (TPSA) is 51.2 Å². The lowest BCUT2D eigenvalue weighted by Crippen LogP contribution is -2.44. The highest BCUT2D eigenvalue weighted by atomic mass is 16.7. The number of hydrogen-bond donors (Lipinski definition) is 1. The molecule has 1 unspecified atom stereocenters. The molecule has 1 atom stereocenters. The summed E-state index contributed by atoms with van der Waals surface area (Å²) >= 11 is 0. The number of fused-ring (bicyclic) bond motifs is 1. The van der Waals surface area contributed by atoms with Gasteiger partial charge in [0.15, 0.2) is 11.5 Å². The van der Waals surface area contributed by atoms with E-state index in [9.17, 15) is 5.11 Å². The standard InChI is InChI=1S/C20H29NO4/c22-14-20(12-17-5-1-2-11-23-17)7-9-21(10-8-20)13-16-4-3-6-18-19(16)25-15-24-18/h3-4,6,17,22H,1-2,5,7-15H2. The first-order valence-electron chi connectivity index (χ1n) is 9.60. The summed E-state index contributed by atoms with van der Waals surface area (Å²) in [5.41, 5.74) is 1.23. The molecule has 1 aromatic rings. The molecule has 0 bridgehead atoms. The summed E-state index contributed by atoms with van der Waals surface area (Å²) in [6, 6.07) is 6.12. The molecule has 138 valence electrons. The van der Waals surface area contributed by atoms with Crippen LogP contribution in [0.3, 0.4) is 0 Å². The zero-order valence-electron chi connectivity index (χ0n) is 14.9. The number of ether oxygens (including phenoxy) is 3. The van der Waals surface area contributed by atoms with E-state index in [1.54, 1.807) is 0 Å². The SMILES string of the molecule is OCC1(CC2CCCCO2)CCN(Cc2cccc3c2OCO3)CC1. The number of benzene rings is 1. The van der Waals surface area contributed by atoms with Gasteiger partial charge >= 0.3 is 0 Å². The van der Waals surface area contributed by atoms with E-state index < -0.39 is 0 Å². The van der Waals surface area contributed by atoms with Crippen LogP contribution in [0.1, 0.15) is 44.1 Å². The largest absolute Gasteiger partial charge is 0.454 e. The van der Waals surface area contributed by atoms with Gasteiger partial charge in [-0.3, -0.25) is 4.90 Å². The molecule has 3 heterocycles. The summed E-state index contributed by atoms with van der Waals surface area (Å²) in [6.45, 7) is 4.39. The zero-order valence-corrected chi connectivity index (χ0v) is 14.9. The van der Waals surface area contributed by atoms with E-state index in [4.69, 9.17) is 14.2 Å². The van der Waals surface area contributed by atoms with Crippen molar-refractivity contribution < 1.29 is 19.3 Å². The molecule has 0 amide bonds. The van der Waals surface area contributed by atoms with Crippen molar-refractivity contribution in [3.8, 4) is 11.5 Å².